The van der Waals surface area contributed by atoms with E-state index in [1.807, 2.05) is 91.0 Å². The molecule has 0 aliphatic heterocycles. The van der Waals surface area contributed by atoms with E-state index in [2.05, 4.69) is 93.4 Å². The average molecular weight is 952 g/mol. The zero-order valence-electron chi connectivity index (χ0n) is 31.1. The monoisotopic (exact) mass is 952 g/mol. The summed E-state index contributed by atoms with van der Waals surface area (Å²) in [6.07, 6.45) is 7.21. The number of hydrogen-bond acceptors (Lipinski definition) is 7. The molecule has 0 saturated carbocycles. The maximum atomic E-state index is 9.87. The van der Waals surface area contributed by atoms with Crippen LogP contribution in [0.15, 0.2) is 164 Å². The number of rotatable bonds is 2. The number of hydrogen-bond donors (Lipinski definition) is 1. The van der Waals surface area contributed by atoms with Gasteiger partial charge in [-0.1, -0.05) is 91.0 Å². The first-order valence-corrected chi connectivity index (χ1v) is 19.8. The van der Waals surface area contributed by atoms with Crippen LogP contribution in [-0.4, -0.2) is 39.9 Å². The van der Waals surface area contributed by atoms with Gasteiger partial charge >= 0.3 is 52.5 Å². The van der Waals surface area contributed by atoms with Gasteiger partial charge in [-0.15, -0.1) is 0 Å². The van der Waals surface area contributed by atoms with Crippen molar-refractivity contribution in [2.24, 2.45) is 0 Å². The Labute approximate surface area is 361 Å². The summed E-state index contributed by atoms with van der Waals surface area (Å²) in [5, 5.41) is 4.55. The van der Waals surface area contributed by atoms with E-state index in [0.717, 1.165) is 82.9 Å². The molecule has 9 nitrogen and oxygen atoms in total. The molecule has 11 aromatic rings. The Bertz CT molecular complexity index is 2890. The number of halogens is 7. The smallest absolute Gasteiger partial charge is 1.00 e. The molecule has 4 aromatic carbocycles. The van der Waals surface area contributed by atoms with E-state index in [-0.39, 0.29) is 31.9 Å². The van der Waals surface area contributed by atoms with Gasteiger partial charge in [-0.25, -0.2) is 9.97 Å². The van der Waals surface area contributed by atoms with Crippen molar-refractivity contribution in [2.75, 3.05) is 0 Å². The standard InChI is InChI=1S/C19H12N5.2C12H8N2.ClH.F6P.Ru/c1-2-7-13-12(6-1)21-18(22-13)16-10-5-11-17(20-16)19-23-14-8-3-4-9-15(14)24-19;2*1-3-9-5-6-10-4-2-8-14-12(10)11(9)13-7-1;;1-7(2,3,4,5)6;/h1-11H,(H-,21,22,23,24);2*1-8H;1H;;/q-1;;;;-1;+3/p-1. The molecule has 0 saturated heterocycles. The predicted octanol–water partition coefficient (Wildman–Crippen LogP) is 9.75. The first-order chi connectivity index (χ1) is 28.2. The Balaban J connectivity index is 0.000000146. The summed E-state index contributed by atoms with van der Waals surface area (Å²) in [5.41, 5.74) is 9.10. The van der Waals surface area contributed by atoms with Crippen LogP contribution in [0.3, 0.4) is 0 Å². The first-order valence-electron chi connectivity index (χ1n) is 17.8. The first kappa shape index (κ1) is 44.1. The number of H-pyrrole nitrogens is 1. The third-order valence-corrected chi connectivity index (χ3v) is 8.63. The van der Waals surface area contributed by atoms with Crippen molar-refractivity contribution in [1.29, 1.82) is 0 Å². The molecule has 0 amide bonds. The Morgan fingerprint density at radius 2 is 0.852 bits per heavy atom. The molecule has 1 N–H and O–H groups in total. The van der Waals surface area contributed by atoms with E-state index >= 15 is 0 Å². The SMILES string of the molecule is F[P-](F)(F)(F)(F)F.[Cl-].[Ru+3].c1cc(-c2nc3ccccc3[n-]2)nc(-c2nc3ccccc3[nH]2)c1.c1cnc2c(c1)ccc1cccnc12.c1cnc2c(c1)ccc1cccnc12. The minimum absolute atomic E-state index is 0. The van der Waals surface area contributed by atoms with Gasteiger partial charge in [0.2, 0.25) is 0 Å². The molecular formula is C43H28ClF6N9PRu. The fraction of sp³-hybridized carbons (Fsp3) is 0. The number of nitrogens with one attached hydrogen (secondary N) is 1. The zero-order valence-corrected chi connectivity index (χ0v) is 34.5. The predicted molar refractivity (Wildman–Crippen MR) is 221 cm³/mol. The minimum Gasteiger partial charge on any atom is -1.00 e. The van der Waals surface area contributed by atoms with Crippen molar-refractivity contribution in [1.82, 2.24) is 44.9 Å². The number of pyridine rings is 5. The molecule has 1 radical (unpaired) electrons. The summed E-state index contributed by atoms with van der Waals surface area (Å²) in [6.45, 7) is 0. The quantitative estimate of drug-likeness (QED) is 0.0788. The number of nitrogens with zero attached hydrogens (tertiary/aromatic N) is 8. The summed E-state index contributed by atoms with van der Waals surface area (Å²) in [5.74, 6) is 1.38. The molecule has 0 bridgehead atoms. The maximum absolute atomic E-state index is 10.7. The van der Waals surface area contributed by atoms with Gasteiger partial charge in [0.25, 0.3) is 0 Å². The molecule has 0 atom stereocenters. The Kier molecular flexibility index (Phi) is 12.5. The van der Waals surface area contributed by atoms with Crippen molar-refractivity contribution in [3.05, 3.63) is 164 Å². The number of aromatic amines is 1. The van der Waals surface area contributed by atoms with Crippen molar-refractivity contribution < 1.29 is 57.1 Å². The van der Waals surface area contributed by atoms with Crippen LogP contribution in [0.5, 0.6) is 0 Å². The maximum Gasteiger partial charge on any atom is 3.00 e. The molecule has 0 spiro atoms. The normalized spacial score (nSPS) is 12.1. The third kappa shape index (κ3) is 11.4. The van der Waals surface area contributed by atoms with Crippen LogP contribution in [0.25, 0.3) is 88.7 Å². The van der Waals surface area contributed by atoms with E-state index in [0.29, 0.717) is 5.82 Å². The van der Waals surface area contributed by atoms with Crippen LogP contribution < -0.4 is 17.4 Å². The van der Waals surface area contributed by atoms with Crippen LogP contribution >= 0.6 is 7.81 Å². The van der Waals surface area contributed by atoms with Gasteiger partial charge in [-0.2, -0.15) is 0 Å². The molecule has 0 aliphatic rings. The molecule has 18 heteroatoms. The Morgan fingerprint density at radius 3 is 1.31 bits per heavy atom. The topological polar surface area (TPSA) is 120 Å². The van der Waals surface area contributed by atoms with Gasteiger partial charge in [0.1, 0.15) is 5.69 Å². The van der Waals surface area contributed by atoms with Gasteiger partial charge in [0.05, 0.1) is 38.8 Å². The second-order valence-electron chi connectivity index (χ2n) is 12.9. The molecule has 11 rings (SSSR count). The van der Waals surface area contributed by atoms with Crippen LogP contribution in [-0.2, 0) is 19.5 Å². The fourth-order valence-corrected chi connectivity index (χ4v) is 6.15. The average Bonchev–Trinajstić information content (AvgIpc) is 3.89. The summed E-state index contributed by atoms with van der Waals surface area (Å²) < 4.78 is 59.2. The number of aromatic nitrogens is 9. The van der Waals surface area contributed by atoms with Gasteiger partial charge in [-0.05, 0) is 65.4 Å². The van der Waals surface area contributed by atoms with E-state index in [4.69, 9.17) is 0 Å². The largest absolute Gasteiger partial charge is 3.00 e. The van der Waals surface area contributed by atoms with E-state index in [1.54, 1.807) is 24.8 Å². The van der Waals surface area contributed by atoms with Gasteiger partial charge < -0.3 is 27.4 Å². The number of para-hydroxylation sites is 4. The van der Waals surface area contributed by atoms with E-state index in [9.17, 15) is 25.2 Å². The molecule has 7 heterocycles. The molecule has 307 valence electrons. The summed E-state index contributed by atoms with van der Waals surface area (Å²) in [4.78, 5) is 39.1. The molecule has 0 aliphatic carbocycles. The minimum atomic E-state index is -10.7. The third-order valence-electron chi connectivity index (χ3n) is 8.63. The molecule has 61 heavy (non-hydrogen) atoms. The number of benzene rings is 4. The van der Waals surface area contributed by atoms with Crippen molar-refractivity contribution in [2.45, 2.75) is 0 Å². The van der Waals surface area contributed by atoms with Crippen molar-refractivity contribution in [3.63, 3.8) is 0 Å². The Hall–Kier alpha value is -6.47. The van der Waals surface area contributed by atoms with Gasteiger partial charge in [-0.3, -0.25) is 19.9 Å². The van der Waals surface area contributed by atoms with Crippen LogP contribution in [0, 0.1) is 0 Å². The zero-order chi connectivity index (χ0) is 41.1. The summed E-state index contributed by atoms with van der Waals surface area (Å²) in [6, 6.07) is 45.8. The number of imidazole rings is 2. The summed E-state index contributed by atoms with van der Waals surface area (Å²) in [7, 11) is -10.7. The molecule has 0 unspecified atom stereocenters. The second kappa shape index (κ2) is 17.3. The van der Waals surface area contributed by atoms with Crippen molar-refractivity contribution in [3.8, 4) is 23.0 Å². The van der Waals surface area contributed by atoms with Gasteiger partial charge in [0.15, 0.2) is 5.82 Å². The number of fused-ring (bicyclic) bond motifs is 8. The second-order valence-corrected chi connectivity index (χ2v) is 14.9. The Morgan fingerprint density at radius 1 is 0.426 bits per heavy atom. The van der Waals surface area contributed by atoms with E-state index in [1.165, 1.54) is 0 Å². The molecular weight excluding hydrogens is 924 g/mol. The molecule has 0 fully saturated rings. The summed E-state index contributed by atoms with van der Waals surface area (Å²) >= 11 is 0. The molecule has 7 aromatic heterocycles. The van der Waals surface area contributed by atoms with Crippen molar-refractivity contribution >= 4 is 73.5 Å². The van der Waals surface area contributed by atoms with Crippen LogP contribution in [0.4, 0.5) is 25.2 Å². The van der Waals surface area contributed by atoms with Gasteiger partial charge in [0, 0.05) is 46.3 Å². The van der Waals surface area contributed by atoms with Crippen LogP contribution in [0.1, 0.15) is 0 Å². The van der Waals surface area contributed by atoms with E-state index < -0.39 is 7.81 Å². The van der Waals surface area contributed by atoms with Crippen LogP contribution in [0.2, 0.25) is 0 Å². The fourth-order valence-electron chi connectivity index (χ4n) is 6.15.